The molecule has 3 aromatic rings. The van der Waals surface area contributed by atoms with Gasteiger partial charge in [0.2, 0.25) is 0 Å². The molecule has 0 spiro atoms. The SMILES string of the molecule is CN=C(NCCc1ccc(-n2cccn2)cc1)NC1CCN(c2ccc(F)cc2F)C1. The van der Waals surface area contributed by atoms with Crippen LogP contribution in [0, 0.1) is 11.6 Å². The van der Waals surface area contributed by atoms with Gasteiger partial charge in [-0.3, -0.25) is 4.99 Å². The number of nitrogens with one attached hydrogen (secondary N) is 2. The van der Waals surface area contributed by atoms with Gasteiger partial charge in [-0.25, -0.2) is 13.5 Å². The molecule has 2 aromatic carbocycles. The van der Waals surface area contributed by atoms with Crippen LogP contribution in [0.15, 0.2) is 65.9 Å². The molecule has 162 valence electrons. The van der Waals surface area contributed by atoms with Crippen LogP contribution in [0.2, 0.25) is 0 Å². The van der Waals surface area contributed by atoms with Crippen LogP contribution in [0.1, 0.15) is 12.0 Å². The molecule has 6 nitrogen and oxygen atoms in total. The predicted octanol–water partition coefficient (Wildman–Crippen LogP) is 3.14. The molecule has 1 saturated heterocycles. The second-order valence-corrected chi connectivity index (χ2v) is 7.54. The van der Waals surface area contributed by atoms with E-state index in [-0.39, 0.29) is 6.04 Å². The third kappa shape index (κ3) is 5.20. The lowest BCUT2D eigenvalue weighted by atomic mass is 10.1. The number of aliphatic imine (C=N–C) groups is 1. The fourth-order valence-electron chi connectivity index (χ4n) is 3.78. The highest BCUT2D eigenvalue weighted by Crippen LogP contribution is 2.24. The lowest BCUT2D eigenvalue weighted by Gasteiger charge is -2.21. The monoisotopic (exact) mass is 424 g/mol. The van der Waals surface area contributed by atoms with E-state index in [0.29, 0.717) is 18.8 Å². The highest BCUT2D eigenvalue weighted by atomic mass is 19.1. The summed E-state index contributed by atoms with van der Waals surface area (Å²) in [5, 5.41) is 11.0. The van der Waals surface area contributed by atoms with Gasteiger partial charge in [-0.05, 0) is 48.7 Å². The van der Waals surface area contributed by atoms with Crippen LogP contribution < -0.4 is 15.5 Å². The maximum Gasteiger partial charge on any atom is 0.191 e. The molecule has 0 bridgehead atoms. The zero-order valence-corrected chi connectivity index (χ0v) is 17.4. The zero-order chi connectivity index (χ0) is 21.6. The molecule has 2 N–H and O–H groups in total. The Balaban J connectivity index is 1.25. The third-order valence-electron chi connectivity index (χ3n) is 5.41. The maximum atomic E-state index is 14.0. The Morgan fingerprint density at radius 2 is 2.03 bits per heavy atom. The zero-order valence-electron chi connectivity index (χ0n) is 17.4. The van der Waals surface area contributed by atoms with Gasteiger partial charge in [0.1, 0.15) is 11.6 Å². The summed E-state index contributed by atoms with van der Waals surface area (Å²) < 4.78 is 29.0. The predicted molar refractivity (Wildman–Crippen MR) is 119 cm³/mol. The van der Waals surface area contributed by atoms with Crippen LogP contribution in [0.5, 0.6) is 0 Å². The van der Waals surface area contributed by atoms with Crippen molar-refractivity contribution in [2.75, 3.05) is 31.6 Å². The van der Waals surface area contributed by atoms with E-state index in [4.69, 9.17) is 0 Å². The Kier molecular flexibility index (Phi) is 6.45. The van der Waals surface area contributed by atoms with E-state index in [9.17, 15) is 8.78 Å². The molecule has 1 aliphatic rings. The van der Waals surface area contributed by atoms with Crippen LogP contribution in [-0.2, 0) is 6.42 Å². The van der Waals surface area contributed by atoms with Crippen LogP contribution in [0.4, 0.5) is 14.5 Å². The van der Waals surface area contributed by atoms with Crippen molar-refractivity contribution in [1.82, 2.24) is 20.4 Å². The number of hydrogen-bond donors (Lipinski definition) is 2. The number of halogens is 2. The number of aromatic nitrogens is 2. The van der Waals surface area contributed by atoms with Gasteiger partial charge in [0.15, 0.2) is 5.96 Å². The molecule has 1 atom stereocenters. The van der Waals surface area contributed by atoms with E-state index < -0.39 is 11.6 Å². The minimum atomic E-state index is -0.559. The molecule has 1 fully saturated rings. The highest BCUT2D eigenvalue weighted by Gasteiger charge is 2.25. The first kappa shape index (κ1) is 20.8. The molecular weight excluding hydrogens is 398 g/mol. The number of guanidine groups is 1. The van der Waals surface area contributed by atoms with Crippen molar-refractivity contribution in [2.45, 2.75) is 18.9 Å². The highest BCUT2D eigenvalue weighted by molar-refractivity contribution is 5.80. The van der Waals surface area contributed by atoms with Crippen LogP contribution in [-0.4, -0.2) is 48.5 Å². The molecule has 31 heavy (non-hydrogen) atoms. The average molecular weight is 424 g/mol. The molecule has 1 unspecified atom stereocenters. The Labute approximate surface area is 180 Å². The molecular formula is C23H26F2N6. The first-order valence-electron chi connectivity index (χ1n) is 10.4. The summed E-state index contributed by atoms with van der Waals surface area (Å²) in [6.07, 6.45) is 5.39. The van der Waals surface area contributed by atoms with E-state index in [2.05, 4.69) is 45.0 Å². The molecule has 1 aromatic heterocycles. The summed E-state index contributed by atoms with van der Waals surface area (Å²) in [7, 11) is 1.74. The van der Waals surface area contributed by atoms with Crippen molar-refractivity contribution < 1.29 is 8.78 Å². The fraction of sp³-hybridized carbons (Fsp3) is 0.304. The van der Waals surface area contributed by atoms with Gasteiger partial charge in [0.05, 0.1) is 11.4 Å². The van der Waals surface area contributed by atoms with Crippen molar-refractivity contribution in [3.63, 3.8) is 0 Å². The molecule has 2 heterocycles. The van der Waals surface area contributed by atoms with Gasteiger partial charge < -0.3 is 15.5 Å². The van der Waals surface area contributed by atoms with E-state index in [1.165, 1.54) is 17.7 Å². The van der Waals surface area contributed by atoms with Crippen molar-refractivity contribution in [3.05, 3.63) is 78.1 Å². The van der Waals surface area contributed by atoms with Gasteiger partial charge >= 0.3 is 0 Å². The maximum absolute atomic E-state index is 14.0. The molecule has 0 radical (unpaired) electrons. The van der Waals surface area contributed by atoms with Crippen molar-refractivity contribution in [2.24, 2.45) is 4.99 Å². The Hall–Kier alpha value is -3.42. The van der Waals surface area contributed by atoms with E-state index >= 15 is 0 Å². The molecule has 0 saturated carbocycles. The minimum Gasteiger partial charge on any atom is -0.367 e. The van der Waals surface area contributed by atoms with Crippen molar-refractivity contribution >= 4 is 11.6 Å². The van der Waals surface area contributed by atoms with Gasteiger partial charge in [0.25, 0.3) is 0 Å². The van der Waals surface area contributed by atoms with Crippen LogP contribution in [0.3, 0.4) is 0 Å². The van der Waals surface area contributed by atoms with Crippen LogP contribution >= 0.6 is 0 Å². The first-order chi connectivity index (χ1) is 15.1. The second-order valence-electron chi connectivity index (χ2n) is 7.54. The van der Waals surface area contributed by atoms with Gasteiger partial charge in [-0.1, -0.05) is 12.1 Å². The molecule has 1 aliphatic heterocycles. The second kappa shape index (κ2) is 9.59. The smallest absolute Gasteiger partial charge is 0.191 e. The molecule has 0 aliphatic carbocycles. The average Bonchev–Trinajstić information content (AvgIpc) is 3.46. The van der Waals surface area contributed by atoms with Gasteiger partial charge in [-0.2, -0.15) is 5.10 Å². The summed E-state index contributed by atoms with van der Waals surface area (Å²) in [6.45, 7) is 2.09. The Morgan fingerprint density at radius 1 is 1.19 bits per heavy atom. The summed E-state index contributed by atoms with van der Waals surface area (Å²) >= 11 is 0. The number of nitrogens with zero attached hydrogens (tertiary/aromatic N) is 4. The number of rotatable bonds is 6. The number of hydrogen-bond acceptors (Lipinski definition) is 3. The van der Waals surface area contributed by atoms with E-state index in [0.717, 1.165) is 37.1 Å². The molecule has 0 amide bonds. The fourth-order valence-corrected chi connectivity index (χ4v) is 3.78. The standard InChI is InChI=1S/C23H26F2N6/c1-26-23(27-12-9-17-3-6-20(7-4-17)31-13-2-11-28-31)29-19-10-14-30(16-19)22-8-5-18(24)15-21(22)25/h2-8,11,13,15,19H,9-10,12,14,16H2,1H3,(H2,26,27,29). The van der Waals surface area contributed by atoms with E-state index in [1.54, 1.807) is 13.2 Å². The quantitative estimate of drug-likeness (QED) is 0.472. The topological polar surface area (TPSA) is 57.5 Å². The molecule has 4 rings (SSSR count). The number of anilines is 1. The lowest BCUT2D eigenvalue weighted by Crippen LogP contribution is -2.45. The largest absolute Gasteiger partial charge is 0.367 e. The third-order valence-corrected chi connectivity index (χ3v) is 5.41. The lowest BCUT2D eigenvalue weighted by molar-refractivity contribution is 0.580. The van der Waals surface area contributed by atoms with Crippen LogP contribution in [0.25, 0.3) is 5.69 Å². The number of benzene rings is 2. The minimum absolute atomic E-state index is 0.143. The summed E-state index contributed by atoms with van der Waals surface area (Å²) in [4.78, 5) is 6.23. The van der Waals surface area contributed by atoms with E-state index in [1.807, 2.05) is 21.8 Å². The first-order valence-corrected chi connectivity index (χ1v) is 10.4. The Bertz CT molecular complexity index is 1020. The van der Waals surface area contributed by atoms with Gasteiger partial charge in [0, 0.05) is 51.2 Å². The summed E-state index contributed by atoms with van der Waals surface area (Å²) in [5.41, 5.74) is 2.69. The van der Waals surface area contributed by atoms with Crippen molar-refractivity contribution in [1.29, 1.82) is 0 Å². The van der Waals surface area contributed by atoms with Gasteiger partial charge in [-0.15, -0.1) is 0 Å². The Morgan fingerprint density at radius 3 is 2.74 bits per heavy atom. The normalized spacial score (nSPS) is 16.5. The molecule has 8 heteroatoms. The summed E-state index contributed by atoms with van der Waals surface area (Å²) in [5.74, 6) is -0.364. The summed E-state index contributed by atoms with van der Waals surface area (Å²) in [6, 6.07) is 14.1. The van der Waals surface area contributed by atoms with Crippen molar-refractivity contribution in [3.8, 4) is 5.69 Å².